The molecule has 0 saturated carbocycles. The van der Waals surface area contributed by atoms with Gasteiger partial charge in [-0.1, -0.05) is 19.9 Å². The number of anilines is 1. The first-order valence-corrected chi connectivity index (χ1v) is 8.13. The molecule has 1 aromatic rings. The van der Waals surface area contributed by atoms with Gasteiger partial charge in [-0.05, 0) is 25.5 Å². The number of amides is 1. The molecule has 0 aliphatic carbocycles. The van der Waals surface area contributed by atoms with Crippen LogP contribution in [0.2, 0.25) is 0 Å². The minimum absolute atomic E-state index is 0.236. The van der Waals surface area contributed by atoms with Crippen molar-refractivity contribution in [3.8, 4) is 0 Å². The monoisotopic (exact) mass is 305 g/mol. The van der Waals surface area contributed by atoms with Gasteiger partial charge in [0, 0.05) is 32.4 Å². The molecular weight excluding hydrogens is 278 g/mol. The van der Waals surface area contributed by atoms with Crippen LogP contribution < -0.4 is 4.90 Å². The van der Waals surface area contributed by atoms with E-state index in [1.165, 1.54) is 5.56 Å². The lowest BCUT2D eigenvalue weighted by atomic mass is 9.86. The predicted molar refractivity (Wildman–Crippen MR) is 88.0 cm³/mol. The first-order chi connectivity index (χ1) is 10.6. The molecule has 0 atom stereocenters. The van der Waals surface area contributed by atoms with Crippen LogP contribution in [0.1, 0.15) is 26.3 Å². The highest BCUT2D eigenvalue weighted by molar-refractivity contribution is 5.83. The molecule has 3 rings (SSSR count). The zero-order chi connectivity index (χ0) is 16.2. The molecule has 2 saturated heterocycles. The lowest BCUT2D eigenvalue weighted by molar-refractivity contribution is -0.169. The smallest absolute Gasteiger partial charge is 0.233 e. The third-order valence-electron chi connectivity index (χ3n) is 4.14. The molecule has 1 amide bonds. The van der Waals surface area contributed by atoms with E-state index >= 15 is 0 Å². The highest BCUT2D eigenvalue weighted by Gasteiger charge is 2.44. The minimum atomic E-state index is -0.287. The zero-order valence-electron chi connectivity index (χ0n) is 14.1. The normalized spacial score (nSPS) is 19.8. The molecule has 2 fully saturated rings. The predicted octanol–water partition coefficient (Wildman–Crippen LogP) is 2.10. The van der Waals surface area contributed by atoms with Crippen molar-refractivity contribution in [3.63, 3.8) is 0 Å². The molecule has 5 nitrogen and oxygen atoms in total. The van der Waals surface area contributed by atoms with E-state index in [-0.39, 0.29) is 11.3 Å². The van der Waals surface area contributed by atoms with Gasteiger partial charge < -0.3 is 14.5 Å². The molecular formula is C17H27N3O2. The Hall–Kier alpha value is -1.62. The molecule has 1 aromatic heterocycles. The fraction of sp³-hybridized carbons (Fsp3) is 0.647. The molecule has 122 valence electrons. The van der Waals surface area contributed by atoms with Crippen LogP contribution in [0, 0.1) is 12.3 Å². The number of hydrogen-bond donors (Lipinski definition) is 0. The fourth-order valence-corrected chi connectivity index (χ4v) is 2.70. The summed E-state index contributed by atoms with van der Waals surface area (Å²) in [5, 5.41) is 0. The maximum atomic E-state index is 12.4. The van der Waals surface area contributed by atoms with Crippen molar-refractivity contribution in [2.75, 3.05) is 44.3 Å². The number of ether oxygens (including phenoxy) is 1. The molecule has 0 radical (unpaired) electrons. The van der Waals surface area contributed by atoms with Crippen molar-refractivity contribution in [3.05, 3.63) is 23.9 Å². The van der Waals surface area contributed by atoms with Crippen LogP contribution in [0.25, 0.3) is 0 Å². The number of pyridine rings is 1. The van der Waals surface area contributed by atoms with Gasteiger partial charge in [-0.25, -0.2) is 4.98 Å². The van der Waals surface area contributed by atoms with Crippen molar-refractivity contribution in [1.82, 2.24) is 9.88 Å². The second-order valence-corrected chi connectivity index (χ2v) is 6.03. The summed E-state index contributed by atoms with van der Waals surface area (Å²) in [6.07, 6.45) is 1.89. The van der Waals surface area contributed by atoms with Crippen LogP contribution in [0.15, 0.2) is 18.3 Å². The number of piperazine rings is 1. The lowest BCUT2D eigenvalue weighted by Gasteiger charge is -2.43. The van der Waals surface area contributed by atoms with Crippen LogP contribution in [0.4, 0.5) is 5.82 Å². The molecule has 5 heteroatoms. The third-order valence-corrected chi connectivity index (χ3v) is 4.14. The van der Waals surface area contributed by atoms with E-state index < -0.39 is 0 Å². The Kier molecular flexibility index (Phi) is 5.40. The maximum absolute atomic E-state index is 12.4. The van der Waals surface area contributed by atoms with E-state index in [1.54, 1.807) is 0 Å². The molecule has 0 bridgehead atoms. The van der Waals surface area contributed by atoms with Crippen LogP contribution in [-0.2, 0) is 9.53 Å². The van der Waals surface area contributed by atoms with Crippen LogP contribution in [0.5, 0.6) is 0 Å². The summed E-state index contributed by atoms with van der Waals surface area (Å²) in [6, 6.07) is 4.13. The van der Waals surface area contributed by atoms with Crippen LogP contribution >= 0.6 is 0 Å². The Morgan fingerprint density at radius 1 is 1.18 bits per heavy atom. The second-order valence-electron chi connectivity index (χ2n) is 6.03. The van der Waals surface area contributed by atoms with Gasteiger partial charge in [0.1, 0.15) is 5.82 Å². The highest BCUT2D eigenvalue weighted by Crippen LogP contribution is 2.29. The van der Waals surface area contributed by atoms with E-state index in [1.807, 2.05) is 44.9 Å². The maximum Gasteiger partial charge on any atom is 0.233 e. The van der Waals surface area contributed by atoms with Gasteiger partial charge in [0.05, 0.1) is 18.6 Å². The molecule has 0 spiro atoms. The average molecular weight is 305 g/mol. The fourth-order valence-electron chi connectivity index (χ4n) is 2.70. The zero-order valence-corrected chi connectivity index (χ0v) is 14.1. The molecule has 0 unspecified atom stereocenters. The lowest BCUT2D eigenvalue weighted by Crippen LogP contribution is -2.58. The standard InChI is InChI=1S/C15H21N3O2.C2H6/c1-12-3-4-13(16-9-12)17-5-7-18(8-6-17)14(19)15(2)10-20-11-15;1-2/h3-4,9H,5-8,10-11H2,1-2H3;1-2H3. The molecule has 2 aliphatic rings. The van der Waals surface area contributed by atoms with Gasteiger partial charge in [0.15, 0.2) is 0 Å². The molecule has 2 aliphatic heterocycles. The summed E-state index contributed by atoms with van der Waals surface area (Å²) >= 11 is 0. The van der Waals surface area contributed by atoms with Gasteiger partial charge in [0.25, 0.3) is 0 Å². The summed E-state index contributed by atoms with van der Waals surface area (Å²) in [6.45, 7) is 12.4. The number of aryl methyl sites for hydroxylation is 1. The Labute approximate surface area is 133 Å². The second kappa shape index (κ2) is 7.09. The van der Waals surface area contributed by atoms with E-state index in [0.29, 0.717) is 13.2 Å². The molecule has 0 N–H and O–H groups in total. The Morgan fingerprint density at radius 3 is 2.27 bits per heavy atom. The summed E-state index contributed by atoms with van der Waals surface area (Å²) in [5.74, 6) is 1.24. The number of hydrogen-bond acceptors (Lipinski definition) is 4. The topological polar surface area (TPSA) is 45.7 Å². The Morgan fingerprint density at radius 2 is 1.82 bits per heavy atom. The van der Waals surface area contributed by atoms with Gasteiger partial charge in [-0.15, -0.1) is 0 Å². The number of carbonyl (C=O) groups excluding carboxylic acids is 1. The van der Waals surface area contributed by atoms with Gasteiger partial charge >= 0.3 is 0 Å². The van der Waals surface area contributed by atoms with Crippen molar-refractivity contribution in [1.29, 1.82) is 0 Å². The van der Waals surface area contributed by atoms with Crippen molar-refractivity contribution in [2.45, 2.75) is 27.7 Å². The molecule has 3 heterocycles. The van der Waals surface area contributed by atoms with Crippen LogP contribution in [0.3, 0.4) is 0 Å². The van der Waals surface area contributed by atoms with E-state index in [9.17, 15) is 4.79 Å². The van der Waals surface area contributed by atoms with Crippen molar-refractivity contribution < 1.29 is 9.53 Å². The van der Waals surface area contributed by atoms with Crippen LogP contribution in [-0.4, -0.2) is 55.2 Å². The van der Waals surface area contributed by atoms with Gasteiger partial charge in [0.2, 0.25) is 5.91 Å². The Bertz CT molecular complexity index is 489. The average Bonchev–Trinajstić information content (AvgIpc) is 2.55. The van der Waals surface area contributed by atoms with Gasteiger partial charge in [-0.3, -0.25) is 4.79 Å². The SMILES string of the molecule is CC.Cc1ccc(N2CCN(C(=O)C3(C)COC3)CC2)nc1. The van der Waals surface area contributed by atoms with Crippen molar-refractivity contribution in [2.24, 2.45) is 5.41 Å². The van der Waals surface area contributed by atoms with E-state index in [2.05, 4.69) is 16.0 Å². The summed E-state index contributed by atoms with van der Waals surface area (Å²) in [4.78, 5) is 21.1. The van der Waals surface area contributed by atoms with Crippen molar-refractivity contribution >= 4 is 11.7 Å². The molecule has 0 aromatic carbocycles. The van der Waals surface area contributed by atoms with Gasteiger partial charge in [-0.2, -0.15) is 0 Å². The number of carbonyl (C=O) groups is 1. The third kappa shape index (κ3) is 3.40. The largest absolute Gasteiger partial charge is 0.379 e. The number of rotatable bonds is 2. The minimum Gasteiger partial charge on any atom is -0.379 e. The number of aromatic nitrogens is 1. The molecule has 22 heavy (non-hydrogen) atoms. The highest BCUT2D eigenvalue weighted by atomic mass is 16.5. The van der Waals surface area contributed by atoms with E-state index in [4.69, 9.17) is 4.74 Å². The summed E-state index contributed by atoms with van der Waals surface area (Å²) in [5.41, 5.74) is 0.880. The number of nitrogens with zero attached hydrogens (tertiary/aromatic N) is 3. The quantitative estimate of drug-likeness (QED) is 0.839. The first kappa shape index (κ1) is 16.7. The summed E-state index contributed by atoms with van der Waals surface area (Å²) < 4.78 is 5.18. The first-order valence-electron chi connectivity index (χ1n) is 8.13. The van der Waals surface area contributed by atoms with E-state index in [0.717, 1.165) is 32.0 Å². The summed E-state index contributed by atoms with van der Waals surface area (Å²) in [7, 11) is 0. The Balaban J connectivity index is 0.000000847.